The third-order valence-corrected chi connectivity index (χ3v) is 9.83. The summed E-state index contributed by atoms with van der Waals surface area (Å²) in [5.41, 5.74) is 2.70. The van der Waals surface area contributed by atoms with Gasteiger partial charge in [0.05, 0.1) is 10.6 Å². The second-order valence-electron chi connectivity index (χ2n) is 12.3. The largest absolute Gasteiger partial charge is 0.350 e. The van der Waals surface area contributed by atoms with Gasteiger partial charge in [0.15, 0.2) is 0 Å². The van der Waals surface area contributed by atoms with E-state index in [0.717, 1.165) is 21.0 Å². The lowest BCUT2D eigenvalue weighted by Crippen LogP contribution is -2.56. The second-order valence-corrected chi connectivity index (χ2v) is 15.0. The van der Waals surface area contributed by atoms with E-state index in [9.17, 15) is 18.0 Å². The smallest absolute Gasteiger partial charge is 0.264 e. The molecular weight excluding hydrogens is 641 g/mol. The standard InChI is InChI=1S/C36H39Cl2N3O4S/c1-25-17-19-29(20-18-25)46(44,45)41(28-14-9-11-26(2)21-28)24-34(42)40(23-30-31(37)15-10-16-32(30)38)33(35(43)39-36(3,4)5)22-27-12-7-6-8-13-27/h6-21,33H,22-24H2,1-5H3,(H,39,43)/t33-/m1/s1. The van der Waals surface area contributed by atoms with Crippen molar-refractivity contribution in [3.8, 4) is 0 Å². The van der Waals surface area contributed by atoms with Gasteiger partial charge in [-0.1, -0.05) is 89.4 Å². The minimum absolute atomic E-state index is 0.0411. The number of nitrogens with one attached hydrogen (secondary N) is 1. The molecule has 7 nitrogen and oxygen atoms in total. The van der Waals surface area contributed by atoms with Crippen LogP contribution in [0.3, 0.4) is 0 Å². The van der Waals surface area contributed by atoms with Crippen molar-refractivity contribution in [2.75, 3.05) is 10.8 Å². The lowest BCUT2D eigenvalue weighted by Gasteiger charge is -2.35. The van der Waals surface area contributed by atoms with Crippen molar-refractivity contribution < 1.29 is 18.0 Å². The first-order valence-corrected chi connectivity index (χ1v) is 17.1. The average Bonchev–Trinajstić information content (AvgIpc) is 2.98. The molecule has 0 fully saturated rings. The summed E-state index contributed by atoms with van der Waals surface area (Å²) in [5.74, 6) is -0.991. The molecule has 0 bridgehead atoms. The minimum atomic E-state index is -4.21. The zero-order valence-electron chi connectivity index (χ0n) is 26.6. The summed E-state index contributed by atoms with van der Waals surface area (Å²) in [5, 5.41) is 3.66. The van der Waals surface area contributed by atoms with E-state index in [1.807, 2.05) is 71.0 Å². The molecule has 0 unspecified atom stereocenters. The number of anilines is 1. The Labute approximate surface area is 282 Å². The third kappa shape index (κ3) is 8.90. The van der Waals surface area contributed by atoms with Crippen LogP contribution >= 0.6 is 23.2 Å². The van der Waals surface area contributed by atoms with Gasteiger partial charge in [0.2, 0.25) is 11.8 Å². The number of amides is 2. The van der Waals surface area contributed by atoms with Crippen molar-refractivity contribution in [1.82, 2.24) is 10.2 Å². The summed E-state index contributed by atoms with van der Waals surface area (Å²) in [6.45, 7) is 8.58. The molecule has 1 N–H and O–H groups in total. The van der Waals surface area contributed by atoms with E-state index in [2.05, 4.69) is 5.32 Å². The van der Waals surface area contributed by atoms with Crippen LogP contribution in [0.2, 0.25) is 10.0 Å². The van der Waals surface area contributed by atoms with Gasteiger partial charge in [0.1, 0.15) is 12.6 Å². The molecule has 0 aliphatic carbocycles. The van der Waals surface area contributed by atoms with Crippen LogP contribution in [0, 0.1) is 13.8 Å². The molecule has 46 heavy (non-hydrogen) atoms. The molecule has 0 aromatic heterocycles. The van der Waals surface area contributed by atoms with Crippen molar-refractivity contribution >= 4 is 50.7 Å². The van der Waals surface area contributed by atoms with Gasteiger partial charge in [-0.3, -0.25) is 13.9 Å². The molecule has 4 rings (SSSR count). The predicted octanol–water partition coefficient (Wildman–Crippen LogP) is 7.36. The number of carbonyl (C=O) groups is 2. The number of hydrogen-bond donors (Lipinski definition) is 1. The topological polar surface area (TPSA) is 86.8 Å². The molecular formula is C36H39Cl2N3O4S. The molecule has 4 aromatic carbocycles. The Bertz CT molecular complexity index is 1770. The van der Waals surface area contributed by atoms with Crippen LogP contribution in [-0.4, -0.2) is 43.3 Å². The lowest BCUT2D eigenvalue weighted by molar-refractivity contribution is -0.140. The van der Waals surface area contributed by atoms with Crippen molar-refractivity contribution in [2.24, 2.45) is 0 Å². The molecule has 0 aliphatic rings. The monoisotopic (exact) mass is 679 g/mol. The van der Waals surface area contributed by atoms with Crippen molar-refractivity contribution in [1.29, 1.82) is 0 Å². The van der Waals surface area contributed by atoms with Crippen LogP contribution in [0.1, 0.15) is 43.0 Å². The Morgan fingerprint density at radius 2 is 1.41 bits per heavy atom. The zero-order chi connectivity index (χ0) is 33.6. The van der Waals surface area contributed by atoms with E-state index >= 15 is 0 Å². The number of rotatable bonds is 11. The van der Waals surface area contributed by atoms with E-state index in [0.29, 0.717) is 21.3 Å². The molecule has 0 aliphatic heterocycles. The van der Waals surface area contributed by atoms with Crippen LogP contribution in [0.25, 0.3) is 0 Å². The highest BCUT2D eigenvalue weighted by molar-refractivity contribution is 7.92. The van der Waals surface area contributed by atoms with Crippen LogP contribution in [0.5, 0.6) is 0 Å². The SMILES string of the molecule is Cc1ccc(S(=O)(=O)N(CC(=O)N(Cc2c(Cl)cccc2Cl)[C@H](Cc2ccccc2)C(=O)NC(C)(C)C)c2cccc(C)c2)cc1. The zero-order valence-corrected chi connectivity index (χ0v) is 29.0. The second kappa shape index (κ2) is 14.7. The highest BCUT2D eigenvalue weighted by Crippen LogP contribution is 2.29. The molecule has 0 spiro atoms. The van der Waals surface area contributed by atoms with Gasteiger partial charge >= 0.3 is 0 Å². The number of sulfonamides is 1. The van der Waals surface area contributed by atoms with E-state index < -0.39 is 40.0 Å². The minimum Gasteiger partial charge on any atom is -0.350 e. The fraction of sp³-hybridized carbons (Fsp3) is 0.278. The van der Waals surface area contributed by atoms with Crippen LogP contribution in [0.15, 0.2) is 102 Å². The summed E-state index contributed by atoms with van der Waals surface area (Å²) in [6, 6.07) is 26.7. The number of halogens is 2. The Morgan fingerprint density at radius 3 is 2.00 bits per heavy atom. The summed E-state index contributed by atoms with van der Waals surface area (Å²) in [6.07, 6.45) is 0.172. The number of carbonyl (C=O) groups excluding carboxylic acids is 2. The first-order valence-electron chi connectivity index (χ1n) is 14.9. The molecule has 10 heteroatoms. The predicted molar refractivity (Wildman–Crippen MR) is 186 cm³/mol. The normalized spacial score (nSPS) is 12.3. The van der Waals surface area contributed by atoms with Gasteiger partial charge in [0, 0.05) is 34.1 Å². The van der Waals surface area contributed by atoms with Gasteiger partial charge in [0.25, 0.3) is 10.0 Å². The third-order valence-electron chi connectivity index (χ3n) is 7.34. The molecule has 0 radical (unpaired) electrons. The van der Waals surface area contributed by atoms with Crippen LogP contribution in [-0.2, 0) is 32.6 Å². The van der Waals surface area contributed by atoms with Crippen LogP contribution < -0.4 is 9.62 Å². The van der Waals surface area contributed by atoms with E-state index in [1.165, 1.54) is 17.0 Å². The van der Waals surface area contributed by atoms with E-state index in [-0.39, 0.29) is 17.9 Å². The number of nitrogens with zero attached hydrogens (tertiary/aromatic N) is 2. The summed E-state index contributed by atoms with van der Waals surface area (Å²) < 4.78 is 29.5. The molecule has 4 aromatic rings. The fourth-order valence-corrected chi connectivity index (χ4v) is 6.93. The highest BCUT2D eigenvalue weighted by Gasteiger charge is 2.36. The van der Waals surface area contributed by atoms with Crippen LogP contribution in [0.4, 0.5) is 5.69 Å². The molecule has 0 saturated heterocycles. The van der Waals surface area contributed by atoms with E-state index in [4.69, 9.17) is 23.2 Å². The average molecular weight is 681 g/mol. The maximum absolute atomic E-state index is 14.6. The summed E-state index contributed by atoms with van der Waals surface area (Å²) >= 11 is 13.2. The first-order chi connectivity index (χ1) is 21.7. The molecule has 2 amide bonds. The Kier molecular flexibility index (Phi) is 11.2. The fourth-order valence-electron chi connectivity index (χ4n) is 5.01. The Balaban J connectivity index is 1.85. The molecule has 0 saturated carbocycles. The van der Waals surface area contributed by atoms with Crippen molar-refractivity contribution in [2.45, 2.75) is 64.1 Å². The van der Waals surface area contributed by atoms with Crippen molar-refractivity contribution in [3.63, 3.8) is 0 Å². The summed E-state index contributed by atoms with van der Waals surface area (Å²) in [7, 11) is -4.21. The number of benzene rings is 4. The van der Waals surface area contributed by atoms with Gasteiger partial charge in [-0.25, -0.2) is 8.42 Å². The van der Waals surface area contributed by atoms with E-state index in [1.54, 1.807) is 48.5 Å². The van der Waals surface area contributed by atoms with Gasteiger partial charge in [-0.2, -0.15) is 0 Å². The molecule has 0 heterocycles. The summed E-state index contributed by atoms with van der Waals surface area (Å²) in [4.78, 5) is 30.1. The quantitative estimate of drug-likeness (QED) is 0.179. The maximum Gasteiger partial charge on any atom is 0.264 e. The molecule has 1 atom stereocenters. The Morgan fingerprint density at radius 1 is 0.804 bits per heavy atom. The first kappa shape index (κ1) is 35.0. The van der Waals surface area contributed by atoms with Gasteiger partial charge in [-0.15, -0.1) is 0 Å². The Hall–Kier alpha value is -3.85. The van der Waals surface area contributed by atoms with Gasteiger partial charge < -0.3 is 10.2 Å². The number of hydrogen-bond acceptors (Lipinski definition) is 4. The number of aryl methyl sites for hydroxylation is 2. The molecule has 242 valence electrons. The van der Waals surface area contributed by atoms with Gasteiger partial charge in [-0.05, 0) is 82.1 Å². The highest BCUT2D eigenvalue weighted by atomic mass is 35.5. The lowest BCUT2D eigenvalue weighted by atomic mass is 10.0. The maximum atomic E-state index is 14.6. The van der Waals surface area contributed by atoms with Crippen molar-refractivity contribution in [3.05, 3.63) is 129 Å².